The highest BCUT2D eigenvalue weighted by Gasteiger charge is 2.16. The third kappa shape index (κ3) is 3.59. The van der Waals surface area contributed by atoms with E-state index < -0.39 is 10.8 Å². The van der Waals surface area contributed by atoms with E-state index in [-0.39, 0.29) is 5.25 Å². The Morgan fingerprint density at radius 1 is 1.38 bits per heavy atom. The van der Waals surface area contributed by atoms with Crippen LogP contribution in [0.15, 0.2) is 22.7 Å². The number of halogens is 1. The molecule has 0 aliphatic rings. The highest BCUT2D eigenvalue weighted by molar-refractivity contribution is 9.10. The molecule has 4 heteroatoms. The Kier molecular flexibility index (Phi) is 4.99. The summed E-state index contributed by atoms with van der Waals surface area (Å²) in [6.07, 6.45) is 0. The molecule has 2 atom stereocenters. The van der Waals surface area contributed by atoms with Gasteiger partial charge >= 0.3 is 0 Å². The molecule has 1 rings (SSSR count). The second-order valence-corrected chi connectivity index (χ2v) is 6.97. The van der Waals surface area contributed by atoms with Crippen molar-refractivity contribution in [2.24, 2.45) is 5.92 Å². The van der Waals surface area contributed by atoms with Crippen molar-refractivity contribution in [1.29, 1.82) is 0 Å². The third-order valence-electron chi connectivity index (χ3n) is 2.73. The maximum atomic E-state index is 12.1. The summed E-state index contributed by atoms with van der Waals surface area (Å²) >= 11 is 3.45. The predicted molar refractivity (Wildman–Crippen MR) is 74.7 cm³/mol. The van der Waals surface area contributed by atoms with Crippen LogP contribution in [-0.4, -0.2) is 9.46 Å². The van der Waals surface area contributed by atoms with Crippen LogP contribution in [0.2, 0.25) is 0 Å². The Hall–Kier alpha value is -0.350. The molecule has 0 spiro atoms. The molecular formula is C12H18BrNOS. The van der Waals surface area contributed by atoms with Crippen molar-refractivity contribution in [1.82, 2.24) is 0 Å². The lowest BCUT2D eigenvalue weighted by molar-refractivity contribution is 0.605. The van der Waals surface area contributed by atoms with E-state index in [0.717, 1.165) is 15.7 Å². The van der Waals surface area contributed by atoms with Gasteiger partial charge in [0, 0.05) is 32.0 Å². The molecule has 0 aromatic heterocycles. The molecule has 0 radical (unpaired) electrons. The normalized spacial score (nSPS) is 15.1. The van der Waals surface area contributed by atoms with Crippen LogP contribution in [-0.2, 0) is 16.6 Å². The predicted octanol–water partition coefficient (Wildman–Crippen LogP) is 3.32. The summed E-state index contributed by atoms with van der Waals surface area (Å²) < 4.78 is 13.0. The Morgan fingerprint density at radius 2 is 2.00 bits per heavy atom. The van der Waals surface area contributed by atoms with Crippen LogP contribution in [0.4, 0.5) is 5.69 Å². The lowest BCUT2D eigenvalue weighted by Gasteiger charge is -2.15. The lowest BCUT2D eigenvalue weighted by Crippen LogP contribution is -2.19. The lowest BCUT2D eigenvalue weighted by atomic mass is 10.2. The first kappa shape index (κ1) is 13.7. The molecule has 2 nitrogen and oxygen atoms in total. The topological polar surface area (TPSA) is 43.1 Å². The van der Waals surface area contributed by atoms with Gasteiger partial charge < -0.3 is 5.73 Å². The largest absolute Gasteiger partial charge is 0.399 e. The molecule has 0 fully saturated rings. The van der Waals surface area contributed by atoms with Gasteiger partial charge in [-0.25, -0.2) is 0 Å². The minimum absolute atomic E-state index is 0.212. The van der Waals surface area contributed by atoms with Crippen molar-refractivity contribution in [3.63, 3.8) is 0 Å². The standard InChI is InChI=1S/C12H18BrNOS/c1-8(2)9(3)16(15)7-10-4-5-11(14)6-12(10)13/h4-6,8-9H,7,14H2,1-3H3. The van der Waals surface area contributed by atoms with Gasteiger partial charge in [-0.15, -0.1) is 0 Å². The first-order valence-corrected chi connectivity index (χ1v) is 7.50. The van der Waals surface area contributed by atoms with Crippen LogP contribution in [0.5, 0.6) is 0 Å². The number of nitrogen functional groups attached to an aromatic ring is 1. The van der Waals surface area contributed by atoms with Gasteiger partial charge in [0.2, 0.25) is 0 Å². The number of hydrogen-bond donors (Lipinski definition) is 1. The van der Waals surface area contributed by atoms with Crippen LogP contribution in [0.25, 0.3) is 0 Å². The first-order chi connectivity index (χ1) is 7.41. The van der Waals surface area contributed by atoms with E-state index in [9.17, 15) is 4.21 Å². The average Bonchev–Trinajstić information content (AvgIpc) is 2.20. The van der Waals surface area contributed by atoms with E-state index in [1.54, 1.807) is 0 Å². The molecule has 16 heavy (non-hydrogen) atoms. The number of benzene rings is 1. The second-order valence-electron chi connectivity index (χ2n) is 4.33. The van der Waals surface area contributed by atoms with Gasteiger partial charge in [-0.05, 0) is 23.6 Å². The zero-order chi connectivity index (χ0) is 12.3. The van der Waals surface area contributed by atoms with Crippen LogP contribution in [0.1, 0.15) is 26.3 Å². The molecule has 0 aliphatic heterocycles. The smallest absolute Gasteiger partial charge is 0.0499 e. The molecule has 1 aromatic carbocycles. The van der Waals surface area contributed by atoms with E-state index in [1.807, 2.05) is 25.1 Å². The highest BCUT2D eigenvalue weighted by atomic mass is 79.9. The molecule has 0 bridgehead atoms. The SMILES string of the molecule is CC(C)C(C)S(=O)Cc1ccc(N)cc1Br. The molecule has 1 aromatic rings. The minimum atomic E-state index is -0.834. The summed E-state index contributed by atoms with van der Waals surface area (Å²) in [6.45, 7) is 6.23. The van der Waals surface area contributed by atoms with Crippen LogP contribution >= 0.6 is 15.9 Å². The van der Waals surface area contributed by atoms with Gasteiger partial charge in [-0.1, -0.05) is 42.8 Å². The van der Waals surface area contributed by atoms with E-state index in [1.165, 1.54) is 0 Å². The van der Waals surface area contributed by atoms with Gasteiger partial charge in [0.1, 0.15) is 0 Å². The second kappa shape index (κ2) is 5.82. The van der Waals surface area contributed by atoms with Crippen LogP contribution < -0.4 is 5.73 Å². The summed E-state index contributed by atoms with van der Waals surface area (Å²) in [7, 11) is -0.834. The molecule has 0 amide bonds. The fourth-order valence-corrected chi connectivity index (χ4v) is 3.42. The van der Waals surface area contributed by atoms with Crippen molar-refractivity contribution in [2.75, 3.05) is 5.73 Å². The zero-order valence-corrected chi connectivity index (χ0v) is 12.3. The summed E-state index contributed by atoms with van der Waals surface area (Å²) in [4.78, 5) is 0. The van der Waals surface area contributed by atoms with Gasteiger partial charge in [0.05, 0.1) is 0 Å². The molecule has 0 saturated carbocycles. The summed E-state index contributed by atoms with van der Waals surface area (Å²) in [6, 6.07) is 5.63. The van der Waals surface area contributed by atoms with Gasteiger partial charge in [0.25, 0.3) is 0 Å². The fraction of sp³-hybridized carbons (Fsp3) is 0.500. The van der Waals surface area contributed by atoms with Crippen LogP contribution in [0, 0.1) is 5.92 Å². The highest BCUT2D eigenvalue weighted by Crippen LogP contribution is 2.23. The maximum Gasteiger partial charge on any atom is 0.0499 e. The number of anilines is 1. The van der Waals surface area contributed by atoms with Gasteiger partial charge in [-0.2, -0.15) is 0 Å². The van der Waals surface area contributed by atoms with Crippen molar-refractivity contribution >= 4 is 32.4 Å². The molecule has 2 N–H and O–H groups in total. The van der Waals surface area contributed by atoms with E-state index in [4.69, 9.17) is 5.73 Å². The summed E-state index contributed by atoms with van der Waals surface area (Å²) in [5.41, 5.74) is 7.44. The molecule has 0 saturated heterocycles. The Morgan fingerprint density at radius 3 is 2.50 bits per heavy atom. The Bertz CT molecular complexity index is 393. The van der Waals surface area contributed by atoms with Crippen molar-refractivity contribution in [3.05, 3.63) is 28.2 Å². The first-order valence-electron chi connectivity index (χ1n) is 5.33. The fourth-order valence-electron chi connectivity index (χ4n) is 1.27. The number of hydrogen-bond acceptors (Lipinski definition) is 2. The number of nitrogens with two attached hydrogens (primary N) is 1. The molecule has 0 heterocycles. The number of rotatable bonds is 4. The van der Waals surface area contributed by atoms with E-state index in [2.05, 4.69) is 29.8 Å². The third-order valence-corrected chi connectivity index (χ3v) is 5.44. The van der Waals surface area contributed by atoms with Crippen LogP contribution in [0.3, 0.4) is 0 Å². The summed E-state index contributed by atoms with van der Waals surface area (Å²) in [5, 5.41) is 0.212. The van der Waals surface area contributed by atoms with E-state index in [0.29, 0.717) is 11.7 Å². The zero-order valence-electron chi connectivity index (χ0n) is 9.87. The molecular weight excluding hydrogens is 286 g/mol. The van der Waals surface area contributed by atoms with Gasteiger partial charge in [0.15, 0.2) is 0 Å². The summed E-state index contributed by atoms with van der Waals surface area (Å²) in [5.74, 6) is 1.02. The minimum Gasteiger partial charge on any atom is -0.399 e. The van der Waals surface area contributed by atoms with E-state index >= 15 is 0 Å². The van der Waals surface area contributed by atoms with Gasteiger partial charge in [-0.3, -0.25) is 4.21 Å². The monoisotopic (exact) mass is 303 g/mol. The average molecular weight is 304 g/mol. The molecule has 90 valence electrons. The quantitative estimate of drug-likeness (QED) is 0.867. The maximum absolute atomic E-state index is 12.1. The van der Waals surface area contributed by atoms with Crippen molar-refractivity contribution < 1.29 is 4.21 Å². The molecule has 0 aliphatic carbocycles. The van der Waals surface area contributed by atoms with Crippen molar-refractivity contribution in [2.45, 2.75) is 31.8 Å². The Labute approximate surface area is 108 Å². The van der Waals surface area contributed by atoms with Crippen molar-refractivity contribution in [3.8, 4) is 0 Å². The Balaban J connectivity index is 2.77. The molecule has 2 unspecified atom stereocenters.